The van der Waals surface area contributed by atoms with E-state index in [9.17, 15) is 4.79 Å². The van der Waals surface area contributed by atoms with Crippen LogP contribution in [-0.4, -0.2) is 22.5 Å². The minimum atomic E-state index is -0.00593. The summed E-state index contributed by atoms with van der Waals surface area (Å²) in [6.45, 7) is 4.99. The Morgan fingerprint density at radius 3 is 2.67 bits per heavy atom. The van der Waals surface area contributed by atoms with Gasteiger partial charge in [0, 0.05) is 6.20 Å². The van der Waals surface area contributed by atoms with E-state index >= 15 is 0 Å². The Bertz CT molecular complexity index is 1140. The number of hydrogen-bond acceptors (Lipinski definition) is 5. The summed E-state index contributed by atoms with van der Waals surface area (Å²) < 4.78 is 6.59. The molecule has 0 fully saturated rings. The van der Waals surface area contributed by atoms with Crippen molar-refractivity contribution in [1.82, 2.24) is 9.97 Å². The molecule has 1 amide bonds. The number of carbonyl (C=O) groups is 1. The first-order chi connectivity index (χ1) is 14.6. The molecule has 0 radical (unpaired) electrons. The van der Waals surface area contributed by atoms with E-state index in [1.54, 1.807) is 11.1 Å². The summed E-state index contributed by atoms with van der Waals surface area (Å²) in [6.07, 6.45) is 2.05. The van der Waals surface area contributed by atoms with E-state index in [0.29, 0.717) is 24.7 Å². The van der Waals surface area contributed by atoms with Crippen LogP contribution in [0.1, 0.15) is 23.7 Å². The summed E-state index contributed by atoms with van der Waals surface area (Å²) in [4.78, 5) is 24.1. The summed E-state index contributed by atoms with van der Waals surface area (Å²) in [5, 5.41) is 0.668. The van der Waals surface area contributed by atoms with Crippen molar-refractivity contribution in [2.75, 3.05) is 11.5 Å². The standard InChI is InChI=1S/C24H23N3O2S/c1-3-29-20-11-12-21-22(15-20)30-24(26-21)27(16-19-6-4-5-13-25-19)23(28)14-18-9-7-17(2)8-10-18/h4-13,15H,3,14,16H2,1-2H3. The molecular weight excluding hydrogens is 394 g/mol. The summed E-state index contributed by atoms with van der Waals surface area (Å²) >= 11 is 1.49. The smallest absolute Gasteiger partial charge is 0.233 e. The highest BCUT2D eigenvalue weighted by atomic mass is 32.1. The van der Waals surface area contributed by atoms with Crippen molar-refractivity contribution in [1.29, 1.82) is 0 Å². The van der Waals surface area contributed by atoms with Crippen LogP contribution in [0.3, 0.4) is 0 Å². The van der Waals surface area contributed by atoms with Crippen molar-refractivity contribution >= 4 is 32.6 Å². The van der Waals surface area contributed by atoms with Crippen molar-refractivity contribution in [3.63, 3.8) is 0 Å². The molecule has 0 saturated carbocycles. The Morgan fingerprint density at radius 1 is 1.10 bits per heavy atom. The van der Waals surface area contributed by atoms with E-state index in [-0.39, 0.29) is 5.91 Å². The summed E-state index contributed by atoms with van der Waals surface area (Å²) in [5.41, 5.74) is 3.83. The third kappa shape index (κ3) is 4.66. The van der Waals surface area contributed by atoms with Gasteiger partial charge in [0.25, 0.3) is 0 Å². The zero-order valence-electron chi connectivity index (χ0n) is 17.0. The van der Waals surface area contributed by atoms with Crippen molar-refractivity contribution in [2.24, 2.45) is 0 Å². The van der Waals surface area contributed by atoms with Gasteiger partial charge in [-0.05, 0) is 49.7 Å². The molecule has 2 heterocycles. The second-order valence-corrected chi connectivity index (χ2v) is 8.03. The van der Waals surface area contributed by atoms with E-state index < -0.39 is 0 Å². The fourth-order valence-electron chi connectivity index (χ4n) is 3.16. The molecule has 0 bridgehead atoms. The molecule has 0 aliphatic heterocycles. The lowest BCUT2D eigenvalue weighted by Gasteiger charge is -2.19. The number of ether oxygens (including phenoxy) is 1. The molecule has 5 nitrogen and oxygen atoms in total. The minimum absolute atomic E-state index is 0.00593. The lowest BCUT2D eigenvalue weighted by molar-refractivity contribution is -0.118. The van der Waals surface area contributed by atoms with Crippen LogP contribution in [0.5, 0.6) is 5.75 Å². The number of nitrogens with zero attached hydrogens (tertiary/aromatic N) is 3. The molecule has 0 atom stereocenters. The molecule has 0 aliphatic carbocycles. The fraction of sp³-hybridized carbons (Fsp3) is 0.208. The predicted molar refractivity (Wildman–Crippen MR) is 121 cm³/mol. The molecule has 152 valence electrons. The van der Waals surface area contributed by atoms with Gasteiger partial charge in [-0.25, -0.2) is 4.98 Å². The van der Waals surface area contributed by atoms with E-state index in [0.717, 1.165) is 27.2 Å². The topological polar surface area (TPSA) is 55.3 Å². The third-order valence-corrected chi connectivity index (χ3v) is 5.75. The molecule has 30 heavy (non-hydrogen) atoms. The first kappa shape index (κ1) is 20.0. The van der Waals surface area contributed by atoms with Crippen LogP contribution in [0.15, 0.2) is 66.9 Å². The van der Waals surface area contributed by atoms with Crippen LogP contribution in [0.2, 0.25) is 0 Å². The number of hydrogen-bond donors (Lipinski definition) is 0. The number of carbonyl (C=O) groups excluding carboxylic acids is 1. The zero-order valence-corrected chi connectivity index (χ0v) is 17.9. The number of aryl methyl sites for hydroxylation is 1. The van der Waals surface area contributed by atoms with Gasteiger partial charge in [-0.3, -0.25) is 14.7 Å². The second-order valence-electron chi connectivity index (χ2n) is 7.02. The van der Waals surface area contributed by atoms with Gasteiger partial charge in [0.1, 0.15) is 5.75 Å². The number of aromatic nitrogens is 2. The quantitative estimate of drug-likeness (QED) is 0.416. The molecule has 0 N–H and O–H groups in total. The molecule has 4 rings (SSSR count). The third-order valence-electron chi connectivity index (χ3n) is 4.71. The van der Waals surface area contributed by atoms with Crippen LogP contribution >= 0.6 is 11.3 Å². The average molecular weight is 418 g/mol. The van der Waals surface area contributed by atoms with Gasteiger partial charge < -0.3 is 4.74 Å². The molecule has 4 aromatic rings. The van der Waals surface area contributed by atoms with Crippen LogP contribution in [0.25, 0.3) is 10.2 Å². The maximum atomic E-state index is 13.3. The van der Waals surface area contributed by atoms with Crippen molar-refractivity contribution in [3.8, 4) is 5.75 Å². The van der Waals surface area contributed by atoms with Gasteiger partial charge >= 0.3 is 0 Å². The minimum Gasteiger partial charge on any atom is -0.494 e. The van der Waals surface area contributed by atoms with Crippen LogP contribution in [-0.2, 0) is 17.8 Å². The van der Waals surface area contributed by atoms with Gasteiger partial charge in [0.05, 0.1) is 35.5 Å². The molecule has 2 aromatic carbocycles. The average Bonchev–Trinajstić information content (AvgIpc) is 3.17. The van der Waals surface area contributed by atoms with Crippen LogP contribution < -0.4 is 9.64 Å². The van der Waals surface area contributed by atoms with Gasteiger partial charge in [-0.1, -0.05) is 47.2 Å². The summed E-state index contributed by atoms with van der Waals surface area (Å²) in [6, 6.07) is 19.6. The van der Waals surface area contributed by atoms with Gasteiger partial charge in [0.15, 0.2) is 5.13 Å². The number of anilines is 1. The number of rotatable bonds is 7. The van der Waals surface area contributed by atoms with E-state index in [4.69, 9.17) is 9.72 Å². The maximum absolute atomic E-state index is 13.3. The Balaban J connectivity index is 1.66. The summed E-state index contributed by atoms with van der Waals surface area (Å²) in [5.74, 6) is 0.802. The predicted octanol–water partition coefficient (Wildman–Crippen LogP) is 5.17. The summed E-state index contributed by atoms with van der Waals surface area (Å²) in [7, 11) is 0. The largest absolute Gasteiger partial charge is 0.494 e. The Labute approximate surface area is 180 Å². The molecule has 0 spiro atoms. The van der Waals surface area contributed by atoms with Crippen molar-refractivity contribution in [2.45, 2.75) is 26.8 Å². The fourth-order valence-corrected chi connectivity index (χ4v) is 4.17. The Kier molecular flexibility index (Phi) is 6.05. The van der Waals surface area contributed by atoms with Gasteiger partial charge in [0.2, 0.25) is 5.91 Å². The lowest BCUT2D eigenvalue weighted by atomic mass is 10.1. The number of thiazole rings is 1. The molecular formula is C24H23N3O2S. The first-order valence-corrected chi connectivity index (χ1v) is 10.7. The molecule has 0 saturated heterocycles. The van der Waals surface area contributed by atoms with E-state index in [1.165, 1.54) is 16.9 Å². The SMILES string of the molecule is CCOc1ccc2nc(N(Cc3ccccn3)C(=O)Cc3ccc(C)cc3)sc2c1. The highest BCUT2D eigenvalue weighted by Crippen LogP contribution is 2.32. The second kappa shape index (κ2) is 9.05. The normalized spacial score (nSPS) is 10.9. The maximum Gasteiger partial charge on any atom is 0.233 e. The molecule has 6 heteroatoms. The number of pyridine rings is 1. The number of fused-ring (bicyclic) bond motifs is 1. The molecule has 0 unspecified atom stereocenters. The Hall–Kier alpha value is -3.25. The van der Waals surface area contributed by atoms with Crippen molar-refractivity contribution in [3.05, 3.63) is 83.7 Å². The highest BCUT2D eigenvalue weighted by Gasteiger charge is 2.21. The molecule has 0 aliphatic rings. The van der Waals surface area contributed by atoms with Crippen LogP contribution in [0.4, 0.5) is 5.13 Å². The zero-order chi connectivity index (χ0) is 20.9. The Morgan fingerprint density at radius 2 is 1.93 bits per heavy atom. The molecule has 2 aromatic heterocycles. The van der Waals surface area contributed by atoms with E-state index in [1.807, 2.05) is 74.5 Å². The van der Waals surface area contributed by atoms with E-state index in [2.05, 4.69) is 4.98 Å². The lowest BCUT2D eigenvalue weighted by Crippen LogP contribution is -2.32. The highest BCUT2D eigenvalue weighted by molar-refractivity contribution is 7.22. The first-order valence-electron chi connectivity index (χ1n) is 9.91. The van der Waals surface area contributed by atoms with Crippen molar-refractivity contribution < 1.29 is 9.53 Å². The van der Waals surface area contributed by atoms with Gasteiger partial charge in [-0.15, -0.1) is 0 Å². The number of benzene rings is 2. The van der Waals surface area contributed by atoms with Crippen LogP contribution in [0, 0.1) is 6.92 Å². The number of amides is 1. The monoisotopic (exact) mass is 417 g/mol. The van der Waals surface area contributed by atoms with Gasteiger partial charge in [-0.2, -0.15) is 0 Å².